The summed E-state index contributed by atoms with van der Waals surface area (Å²) >= 11 is 1.48. The summed E-state index contributed by atoms with van der Waals surface area (Å²) in [6.45, 7) is 5.59. The Morgan fingerprint density at radius 3 is 2.47 bits per heavy atom. The van der Waals surface area contributed by atoms with Crippen LogP contribution < -0.4 is 4.90 Å². The number of benzene rings is 2. The van der Waals surface area contributed by atoms with E-state index in [0.29, 0.717) is 31.9 Å². The van der Waals surface area contributed by atoms with E-state index in [0.717, 1.165) is 28.4 Å². The third kappa shape index (κ3) is 4.11. The number of non-ortho nitro benzene ring substituents is 1. The summed E-state index contributed by atoms with van der Waals surface area (Å²) in [5, 5.41) is 11.7. The minimum atomic E-state index is -0.398. The highest BCUT2D eigenvalue weighted by molar-refractivity contribution is 7.99. The maximum Gasteiger partial charge on any atom is 0.269 e. The standard InChI is InChI=1S/C21H23N5O3S/c1-2-25-19-6-4-3-5-18(19)22-21(25)30-15-20(27)24-13-11-23(12-14-24)16-7-9-17(10-8-16)26(28)29/h3-10H,2,11-15H2,1H3. The number of nitro benzene ring substituents is 1. The summed E-state index contributed by atoms with van der Waals surface area (Å²) in [6.07, 6.45) is 0. The smallest absolute Gasteiger partial charge is 0.269 e. The van der Waals surface area contributed by atoms with Crippen LogP contribution in [-0.4, -0.2) is 57.2 Å². The average molecular weight is 426 g/mol. The van der Waals surface area contributed by atoms with Crippen molar-refractivity contribution >= 4 is 40.1 Å². The number of nitrogens with zero attached hydrogens (tertiary/aromatic N) is 5. The van der Waals surface area contributed by atoms with Crippen LogP contribution >= 0.6 is 11.8 Å². The number of thioether (sulfide) groups is 1. The molecule has 0 radical (unpaired) electrons. The van der Waals surface area contributed by atoms with Crippen molar-refractivity contribution in [3.05, 3.63) is 58.6 Å². The van der Waals surface area contributed by atoms with Gasteiger partial charge in [0, 0.05) is 50.5 Å². The lowest BCUT2D eigenvalue weighted by Crippen LogP contribution is -2.49. The monoisotopic (exact) mass is 425 g/mol. The number of amides is 1. The van der Waals surface area contributed by atoms with Crippen molar-refractivity contribution in [2.75, 3.05) is 36.8 Å². The minimum Gasteiger partial charge on any atom is -0.368 e. The molecule has 0 bridgehead atoms. The van der Waals surface area contributed by atoms with E-state index >= 15 is 0 Å². The summed E-state index contributed by atoms with van der Waals surface area (Å²) < 4.78 is 2.14. The Labute approximate surface area is 178 Å². The summed E-state index contributed by atoms with van der Waals surface area (Å²) in [5.41, 5.74) is 3.07. The Kier molecular flexibility index (Phi) is 5.89. The third-order valence-corrected chi connectivity index (χ3v) is 6.28. The molecule has 8 nitrogen and oxygen atoms in total. The van der Waals surface area contributed by atoms with Crippen molar-refractivity contribution in [2.45, 2.75) is 18.6 Å². The van der Waals surface area contributed by atoms with Crippen LogP contribution in [0.4, 0.5) is 11.4 Å². The molecule has 0 saturated carbocycles. The molecule has 1 aliphatic rings. The number of piperazine rings is 1. The quantitative estimate of drug-likeness (QED) is 0.342. The van der Waals surface area contributed by atoms with Crippen LogP contribution in [0.3, 0.4) is 0 Å². The van der Waals surface area contributed by atoms with Crippen LogP contribution in [0.1, 0.15) is 6.92 Å². The highest BCUT2D eigenvalue weighted by atomic mass is 32.2. The van der Waals surface area contributed by atoms with Crippen LogP contribution in [0.15, 0.2) is 53.7 Å². The van der Waals surface area contributed by atoms with Crippen LogP contribution in [0.25, 0.3) is 11.0 Å². The first-order valence-electron chi connectivity index (χ1n) is 9.92. The number of nitro groups is 1. The molecule has 1 aromatic heterocycles. The lowest BCUT2D eigenvalue weighted by atomic mass is 10.2. The van der Waals surface area contributed by atoms with Gasteiger partial charge in [0.25, 0.3) is 5.69 Å². The van der Waals surface area contributed by atoms with Crippen LogP contribution in [-0.2, 0) is 11.3 Å². The number of aromatic nitrogens is 2. The van der Waals surface area contributed by atoms with E-state index in [4.69, 9.17) is 0 Å². The van der Waals surface area contributed by atoms with E-state index in [9.17, 15) is 14.9 Å². The zero-order valence-corrected chi connectivity index (χ0v) is 17.5. The lowest BCUT2D eigenvalue weighted by Gasteiger charge is -2.36. The molecule has 9 heteroatoms. The predicted molar refractivity (Wildman–Crippen MR) is 118 cm³/mol. The van der Waals surface area contributed by atoms with Gasteiger partial charge in [-0.05, 0) is 31.2 Å². The summed E-state index contributed by atoms with van der Waals surface area (Å²) in [6, 6.07) is 14.6. The van der Waals surface area contributed by atoms with Gasteiger partial charge in [0.2, 0.25) is 5.91 Å². The topological polar surface area (TPSA) is 84.5 Å². The van der Waals surface area contributed by atoms with Crippen molar-refractivity contribution in [3.63, 3.8) is 0 Å². The second-order valence-corrected chi connectivity index (χ2v) is 8.00. The fraction of sp³-hybridized carbons (Fsp3) is 0.333. The molecule has 1 aliphatic heterocycles. The SMILES string of the molecule is CCn1c(SCC(=O)N2CCN(c3ccc([N+](=O)[O-])cc3)CC2)nc2ccccc21. The number of aryl methyl sites for hydroxylation is 1. The molecule has 2 heterocycles. The fourth-order valence-corrected chi connectivity index (χ4v) is 4.67. The minimum absolute atomic E-state index is 0.0858. The molecular weight excluding hydrogens is 402 g/mol. The molecule has 1 fully saturated rings. The zero-order chi connectivity index (χ0) is 21.1. The van der Waals surface area contributed by atoms with E-state index in [1.165, 1.54) is 23.9 Å². The number of imidazole rings is 1. The number of carbonyl (C=O) groups is 1. The molecule has 1 saturated heterocycles. The molecule has 0 N–H and O–H groups in total. The average Bonchev–Trinajstić information content (AvgIpc) is 3.15. The van der Waals surface area contributed by atoms with Crippen LogP contribution in [0.5, 0.6) is 0 Å². The van der Waals surface area contributed by atoms with Crippen molar-refractivity contribution in [3.8, 4) is 0 Å². The number of rotatable bonds is 6. The van der Waals surface area contributed by atoms with Crippen molar-refractivity contribution in [1.29, 1.82) is 0 Å². The Balaban J connectivity index is 1.33. The van der Waals surface area contributed by atoms with Gasteiger partial charge in [0.1, 0.15) is 0 Å². The van der Waals surface area contributed by atoms with Gasteiger partial charge in [-0.15, -0.1) is 0 Å². The second kappa shape index (κ2) is 8.74. The normalized spacial score (nSPS) is 14.3. The number of anilines is 1. The molecule has 0 spiro atoms. The Morgan fingerprint density at radius 1 is 1.10 bits per heavy atom. The summed E-state index contributed by atoms with van der Waals surface area (Å²) in [4.78, 5) is 31.8. The molecule has 0 unspecified atom stereocenters. The van der Waals surface area contributed by atoms with Gasteiger partial charge in [0.05, 0.1) is 21.7 Å². The Hall–Kier alpha value is -3.07. The molecule has 3 aromatic rings. The van der Waals surface area contributed by atoms with Crippen LogP contribution in [0, 0.1) is 10.1 Å². The van der Waals surface area contributed by atoms with Crippen molar-refractivity contribution in [1.82, 2.24) is 14.5 Å². The highest BCUT2D eigenvalue weighted by Gasteiger charge is 2.22. The number of hydrogen-bond donors (Lipinski definition) is 0. The fourth-order valence-electron chi connectivity index (χ4n) is 3.69. The number of fused-ring (bicyclic) bond motifs is 1. The van der Waals surface area contributed by atoms with Crippen LogP contribution in [0.2, 0.25) is 0 Å². The van der Waals surface area contributed by atoms with E-state index in [1.807, 2.05) is 23.1 Å². The maximum absolute atomic E-state index is 12.7. The van der Waals surface area contributed by atoms with E-state index in [2.05, 4.69) is 27.4 Å². The Morgan fingerprint density at radius 2 is 1.80 bits per heavy atom. The molecular formula is C21H23N5O3S. The molecule has 0 atom stereocenters. The Bertz CT molecular complexity index is 1060. The molecule has 4 rings (SSSR count). The first kappa shape index (κ1) is 20.2. The first-order chi connectivity index (χ1) is 14.6. The maximum atomic E-state index is 12.7. The largest absolute Gasteiger partial charge is 0.368 e. The van der Waals surface area contributed by atoms with E-state index in [1.54, 1.807) is 12.1 Å². The van der Waals surface area contributed by atoms with Gasteiger partial charge < -0.3 is 14.4 Å². The van der Waals surface area contributed by atoms with E-state index < -0.39 is 4.92 Å². The van der Waals surface area contributed by atoms with Gasteiger partial charge in [-0.2, -0.15) is 0 Å². The second-order valence-electron chi connectivity index (χ2n) is 7.06. The highest BCUT2D eigenvalue weighted by Crippen LogP contribution is 2.25. The lowest BCUT2D eigenvalue weighted by molar-refractivity contribution is -0.384. The first-order valence-corrected chi connectivity index (χ1v) is 10.9. The van der Waals surface area contributed by atoms with Gasteiger partial charge in [-0.25, -0.2) is 4.98 Å². The van der Waals surface area contributed by atoms with E-state index in [-0.39, 0.29) is 11.6 Å². The van der Waals surface area contributed by atoms with Gasteiger partial charge in [0.15, 0.2) is 5.16 Å². The molecule has 0 aliphatic carbocycles. The molecule has 1 amide bonds. The number of para-hydroxylation sites is 2. The van der Waals surface area contributed by atoms with Crippen molar-refractivity contribution < 1.29 is 9.72 Å². The number of carbonyl (C=O) groups excluding carboxylic acids is 1. The van der Waals surface area contributed by atoms with Crippen molar-refractivity contribution in [2.24, 2.45) is 0 Å². The molecule has 30 heavy (non-hydrogen) atoms. The summed E-state index contributed by atoms with van der Waals surface area (Å²) in [7, 11) is 0. The zero-order valence-electron chi connectivity index (χ0n) is 16.7. The molecule has 2 aromatic carbocycles. The number of hydrogen-bond acceptors (Lipinski definition) is 6. The van der Waals surface area contributed by atoms with Gasteiger partial charge in [-0.3, -0.25) is 14.9 Å². The van der Waals surface area contributed by atoms with Gasteiger partial charge >= 0.3 is 0 Å². The third-order valence-electron chi connectivity index (χ3n) is 5.32. The molecule has 156 valence electrons. The predicted octanol–water partition coefficient (Wildman–Crippen LogP) is 3.41. The van der Waals surface area contributed by atoms with Gasteiger partial charge in [-0.1, -0.05) is 23.9 Å². The summed E-state index contributed by atoms with van der Waals surface area (Å²) in [5.74, 6) is 0.471.